The smallest absolute Gasteiger partial charge is 0.111 e. The van der Waals surface area contributed by atoms with Crippen LogP contribution < -0.4 is 0 Å². The van der Waals surface area contributed by atoms with Crippen LogP contribution in [0, 0.1) is 0 Å². The van der Waals surface area contributed by atoms with Crippen molar-refractivity contribution in [2.24, 2.45) is 4.99 Å². The van der Waals surface area contributed by atoms with Gasteiger partial charge in [-0.3, -0.25) is 4.99 Å². The maximum Gasteiger partial charge on any atom is 0.111 e. The van der Waals surface area contributed by atoms with Crippen LogP contribution in [0.1, 0.15) is 0 Å². The Hall–Kier alpha value is -0.570. The molecule has 44 valence electrons. The molecular formula is C5H6BrNO. The second-order valence-corrected chi connectivity index (χ2v) is 1.93. The van der Waals surface area contributed by atoms with E-state index in [1.807, 2.05) is 0 Å². The second kappa shape index (κ2) is 3.43. The molecule has 1 N–H and O–H groups in total. The minimum absolute atomic E-state index is 0.0377. The van der Waals surface area contributed by atoms with Crippen LogP contribution in [-0.4, -0.2) is 11.8 Å². The zero-order chi connectivity index (χ0) is 6.57. The Morgan fingerprint density at radius 1 is 1.75 bits per heavy atom. The van der Waals surface area contributed by atoms with Crippen LogP contribution in [0.4, 0.5) is 0 Å². The van der Waals surface area contributed by atoms with Gasteiger partial charge in [0.25, 0.3) is 0 Å². The van der Waals surface area contributed by atoms with Crippen LogP contribution in [0.25, 0.3) is 0 Å². The van der Waals surface area contributed by atoms with Gasteiger partial charge in [0, 0.05) is 6.08 Å². The highest BCUT2D eigenvalue weighted by Crippen LogP contribution is 2.06. The largest absolute Gasteiger partial charge is 0.508 e. The maximum absolute atomic E-state index is 8.47. The van der Waals surface area contributed by atoms with Crippen LogP contribution in [-0.2, 0) is 0 Å². The van der Waals surface area contributed by atoms with Gasteiger partial charge in [0.15, 0.2) is 0 Å². The van der Waals surface area contributed by atoms with E-state index in [0.29, 0.717) is 4.61 Å². The summed E-state index contributed by atoms with van der Waals surface area (Å²) in [5, 5.41) is 8.47. The molecule has 8 heavy (non-hydrogen) atoms. The molecule has 0 fully saturated rings. The molecule has 0 aliphatic rings. The van der Waals surface area contributed by atoms with E-state index in [4.69, 9.17) is 5.11 Å². The summed E-state index contributed by atoms with van der Waals surface area (Å²) in [4.78, 5) is 3.44. The second-order valence-electron chi connectivity index (χ2n) is 1.12. The Bertz CT molecular complexity index is 139. The van der Waals surface area contributed by atoms with Crippen molar-refractivity contribution in [2.75, 3.05) is 0 Å². The molecule has 0 bridgehead atoms. The van der Waals surface area contributed by atoms with Crippen molar-refractivity contribution < 1.29 is 5.11 Å². The number of hydrogen-bond acceptors (Lipinski definition) is 2. The Morgan fingerprint density at radius 2 is 2.25 bits per heavy atom. The highest BCUT2D eigenvalue weighted by atomic mass is 79.9. The molecule has 0 aromatic carbocycles. The fourth-order valence-corrected chi connectivity index (χ4v) is 0.447. The van der Waals surface area contributed by atoms with Crippen molar-refractivity contribution in [1.29, 1.82) is 0 Å². The van der Waals surface area contributed by atoms with Crippen molar-refractivity contribution in [1.82, 2.24) is 0 Å². The number of aliphatic hydroxyl groups is 1. The fourth-order valence-electron chi connectivity index (χ4n) is 0.183. The summed E-state index contributed by atoms with van der Waals surface area (Å²) in [6, 6.07) is 0. The standard InChI is InChI=1S/C5H6BrNO/c1-4(8)3-5(6)7-2/h3,8H,1-2H2/b5-3-. The van der Waals surface area contributed by atoms with Crippen molar-refractivity contribution in [3.63, 3.8) is 0 Å². The average molecular weight is 176 g/mol. The quantitative estimate of drug-likeness (QED) is 0.296. The first-order valence-electron chi connectivity index (χ1n) is 1.88. The molecule has 0 unspecified atom stereocenters. The number of allylic oxidation sites excluding steroid dienone is 1. The van der Waals surface area contributed by atoms with Crippen LogP contribution in [0.3, 0.4) is 0 Å². The van der Waals surface area contributed by atoms with Crippen LogP contribution in [0.2, 0.25) is 0 Å². The van der Waals surface area contributed by atoms with E-state index in [2.05, 4.69) is 34.2 Å². The van der Waals surface area contributed by atoms with E-state index < -0.39 is 0 Å². The first kappa shape index (κ1) is 7.43. The molecule has 0 aromatic rings. The van der Waals surface area contributed by atoms with Gasteiger partial charge in [-0.1, -0.05) is 6.58 Å². The molecule has 0 amide bonds. The molecule has 0 radical (unpaired) electrons. The van der Waals surface area contributed by atoms with E-state index >= 15 is 0 Å². The van der Waals surface area contributed by atoms with E-state index in [1.54, 1.807) is 0 Å². The highest BCUT2D eigenvalue weighted by Gasteiger charge is 1.82. The molecule has 0 rings (SSSR count). The molecule has 2 nitrogen and oxygen atoms in total. The molecule has 0 aromatic heterocycles. The first-order chi connectivity index (χ1) is 3.66. The number of rotatable bonds is 2. The minimum Gasteiger partial charge on any atom is -0.508 e. The van der Waals surface area contributed by atoms with Crippen molar-refractivity contribution in [2.45, 2.75) is 0 Å². The molecule has 0 aliphatic carbocycles. The summed E-state index contributed by atoms with van der Waals surface area (Å²) in [5.41, 5.74) is 0. The number of aliphatic hydroxyl groups excluding tert-OH is 1. The Balaban J connectivity index is 3.94. The lowest BCUT2D eigenvalue weighted by Crippen LogP contribution is -1.68. The zero-order valence-electron chi connectivity index (χ0n) is 4.26. The number of nitrogens with zero attached hydrogens (tertiary/aromatic N) is 1. The number of aliphatic imine (C=N–C) groups is 1. The third kappa shape index (κ3) is 3.61. The molecule has 0 heterocycles. The third-order valence-electron chi connectivity index (χ3n) is 0.437. The zero-order valence-corrected chi connectivity index (χ0v) is 5.85. The Labute approximate surface area is 56.4 Å². The molecular weight excluding hydrogens is 170 g/mol. The minimum atomic E-state index is -0.0377. The van der Waals surface area contributed by atoms with Gasteiger partial charge in [0.1, 0.15) is 10.4 Å². The van der Waals surface area contributed by atoms with E-state index in [1.165, 1.54) is 6.08 Å². The number of hydrogen-bond donors (Lipinski definition) is 1. The monoisotopic (exact) mass is 175 g/mol. The van der Waals surface area contributed by atoms with E-state index in [9.17, 15) is 0 Å². The average Bonchev–Trinajstić information content (AvgIpc) is 1.65. The van der Waals surface area contributed by atoms with Gasteiger partial charge in [0.05, 0.1) is 0 Å². The Morgan fingerprint density at radius 3 is 2.38 bits per heavy atom. The predicted octanol–water partition coefficient (Wildman–Crippen LogP) is 1.99. The Kier molecular flexibility index (Phi) is 3.19. The van der Waals surface area contributed by atoms with Gasteiger partial charge in [-0.05, 0) is 22.6 Å². The fraction of sp³-hybridized carbons (Fsp3) is 0. The van der Waals surface area contributed by atoms with Gasteiger partial charge in [-0.25, -0.2) is 0 Å². The van der Waals surface area contributed by atoms with Gasteiger partial charge < -0.3 is 5.11 Å². The van der Waals surface area contributed by atoms with Crippen molar-refractivity contribution in [3.05, 3.63) is 23.0 Å². The number of halogens is 1. The van der Waals surface area contributed by atoms with Crippen molar-refractivity contribution in [3.8, 4) is 0 Å². The van der Waals surface area contributed by atoms with E-state index in [0.717, 1.165) is 0 Å². The molecule has 0 saturated carbocycles. The molecule has 0 saturated heterocycles. The SMILES string of the molecule is C=N/C(Br)=C\C(=C)O. The van der Waals surface area contributed by atoms with Crippen LogP contribution in [0.15, 0.2) is 28.0 Å². The normalized spacial score (nSPS) is 10.9. The van der Waals surface area contributed by atoms with E-state index in [-0.39, 0.29) is 5.76 Å². The lowest BCUT2D eigenvalue weighted by molar-refractivity contribution is 0.435. The van der Waals surface area contributed by atoms with Gasteiger partial charge in [-0.2, -0.15) is 0 Å². The molecule has 3 heteroatoms. The third-order valence-corrected chi connectivity index (χ3v) is 0.916. The van der Waals surface area contributed by atoms with Gasteiger partial charge in [-0.15, -0.1) is 0 Å². The summed E-state index contributed by atoms with van der Waals surface area (Å²) in [6.45, 7) is 6.40. The highest BCUT2D eigenvalue weighted by molar-refractivity contribution is 9.11. The topological polar surface area (TPSA) is 32.6 Å². The molecule has 0 atom stereocenters. The summed E-state index contributed by atoms with van der Waals surface area (Å²) in [5.74, 6) is -0.0377. The van der Waals surface area contributed by atoms with Crippen LogP contribution in [0.5, 0.6) is 0 Å². The van der Waals surface area contributed by atoms with Crippen LogP contribution >= 0.6 is 15.9 Å². The maximum atomic E-state index is 8.47. The lowest BCUT2D eigenvalue weighted by atomic mass is 10.5. The summed E-state index contributed by atoms with van der Waals surface area (Å²) < 4.78 is 0.477. The molecule has 0 spiro atoms. The summed E-state index contributed by atoms with van der Waals surface area (Å²) >= 11 is 2.99. The first-order valence-corrected chi connectivity index (χ1v) is 2.68. The molecule has 0 aliphatic heterocycles. The van der Waals surface area contributed by atoms with Crippen molar-refractivity contribution >= 4 is 22.6 Å². The summed E-state index contributed by atoms with van der Waals surface area (Å²) in [6.07, 6.45) is 1.35. The summed E-state index contributed by atoms with van der Waals surface area (Å²) in [7, 11) is 0. The van der Waals surface area contributed by atoms with Gasteiger partial charge in [0.2, 0.25) is 0 Å². The predicted molar refractivity (Wildman–Crippen MR) is 38.3 cm³/mol. The lowest BCUT2D eigenvalue weighted by Gasteiger charge is -1.84. The van der Waals surface area contributed by atoms with Gasteiger partial charge >= 0.3 is 0 Å².